The second-order valence-corrected chi connectivity index (χ2v) is 6.46. The molecule has 0 unspecified atom stereocenters. The summed E-state index contributed by atoms with van der Waals surface area (Å²) >= 11 is 11.5. The van der Waals surface area contributed by atoms with E-state index in [0.29, 0.717) is 11.0 Å². The van der Waals surface area contributed by atoms with E-state index in [1.807, 2.05) is 12.1 Å². The van der Waals surface area contributed by atoms with Crippen molar-refractivity contribution in [2.24, 2.45) is 0 Å². The molecule has 0 aliphatic heterocycles. The van der Waals surface area contributed by atoms with Gasteiger partial charge < -0.3 is 13.9 Å². The molecule has 0 saturated carbocycles. The van der Waals surface area contributed by atoms with Crippen molar-refractivity contribution in [2.45, 2.75) is 4.84 Å². The van der Waals surface area contributed by atoms with Gasteiger partial charge in [-0.2, -0.15) is 0 Å². The molecule has 1 aromatic carbocycles. The zero-order valence-corrected chi connectivity index (χ0v) is 15.3. The van der Waals surface area contributed by atoms with Crippen molar-refractivity contribution in [2.75, 3.05) is 14.2 Å². The van der Waals surface area contributed by atoms with Crippen LogP contribution in [0.15, 0.2) is 36.4 Å². The first-order valence-electron chi connectivity index (χ1n) is 7.47. The van der Waals surface area contributed by atoms with Crippen LogP contribution in [-0.4, -0.2) is 41.2 Å². The number of aromatic nitrogens is 1. The number of ketones is 1. The number of hydrogen-bond acceptors (Lipinski definition) is 5. The molecule has 6 nitrogen and oxygen atoms in total. The van der Waals surface area contributed by atoms with Gasteiger partial charge in [0.25, 0.3) is 0 Å². The Hall–Kier alpha value is -2.57. The van der Waals surface area contributed by atoms with Gasteiger partial charge in [-0.15, -0.1) is 0 Å². The quantitative estimate of drug-likeness (QED) is 0.384. The summed E-state index contributed by atoms with van der Waals surface area (Å²) in [5, 5.41) is 0.795. The van der Waals surface area contributed by atoms with Crippen molar-refractivity contribution in [1.29, 1.82) is 0 Å². The first-order chi connectivity index (χ1) is 12.4. The third-order valence-corrected chi connectivity index (χ3v) is 4.42. The lowest BCUT2D eigenvalue weighted by molar-refractivity contribution is 0.0549. The molecule has 8 heteroatoms. The van der Waals surface area contributed by atoms with Crippen LogP contribution in [-0.2, 0) is 9.47 Å². The summed E-state index contributed by atoms with van der Waals surface area (Å²) < 4.78 is 11.1. The van der Waals surface area contributed by atoms with Gasteiger partial charge in [-0.1, -0.05) is 47.5 Å². The number of para-hydroxylation sites is 1. The first kappa shape index (κ1) is 18.2. The van der Waals surface area contributed by atoms with Crippen LogP contribution in [0.2, 0.25) is 0 Å². The molecule has 26 heavy (non-hydrogen) atoms. The number of carbonyl (C=O) groups is 3. The Labute approximate surface area is 158 Å². The Kier molecular flexibility index (Phi) is 4.89. The highest BCUT2D eigenvalue weighted by atomic mass is 35.5. The molecule has 0 aliphatic carbocycles. The van der Waals surface area contributed by atoms with Gasteiger partial charge in [0.05, 0.1) is 30.8 Å². The van der Waals surface area contributed by atoms with E-state index in [1.165, 1.54) is 11.5 Å². The second kappa shape index (κ2) is 6.97. The number of carbonyl (C=O) groups excluding carboxylic acids is 3. The number of benzene rings is 1. The van der Waals surface area contributed by atoms with Gasteiger partial charge in [0.15, 0.2) is 10.6 Å². The van der Waals surface area contributed by atoms with Gasteiger partial charge >= 0.3 is 11.9 Å². The van der Waals surface area contributed by atoms with Gasteiger partial charge in [-0.25, -0.2) is 9.59 Å². The third kappa shape index (κ3) is 2.71. The molecular weight excluding hydrogens is 381 g/mol. The monoisotopic (exact) mass is 393 g/mol. The number of ether oxygens (including phenoxy) is 2. The van der Waals surface area contributed by atoms with Crippen LogP contribution in [0.3, 0.4) is 0 Å². The molecule has 0 amide bonds. The smallest absolute Gasteiger partial charge is 0.355 e. The lowest BCUT2D eigenvalue weighted by Crippen LogP contribution is -2.17. The number of Topliss-reactive ketones (excluding diaryl/α,β-unsaturated/α-hetero) is 1. The highest BCUT2D eigenvalue weighted by Gasteiger charge is 2.34. The summed E-state index contributed by atoms with van der Waals surface area (Å²) in [6.07, 6.45) is 0. The largest absolute Gasteiger partial charge is 0.465 e. The van der Waals surface area contributed by atoms with Crippen LogP contribution >= 0.6 is 23.2 Å². The highest BCUT2D eigenvalue weighted by Crippen LogP contribution is 2.31. The molecule has 0 saturated heterocycles. The molecule has 0 aliphatic rings. The fourth-order valence-corrected chi connectivity index (χ4v) is 3.17. The predicted octanol–water partition coefficient (Wildman–Crippen LogP) is 3.65. The third-order valence-electron chi connectivity index (χ3n) is 4.02. The van der Waals surface area contributed by atoms with Gasteiger partial charge in [-0.05, 0) is 17.5 Å². The molecule has 3 rings (SSSR count). The molecule has 2 heterocycles. The van der Waals surface area contributed by atoms with Crippen molar-refractivity contribution in [3.8, 4) is 0 Å². The average Bonchev–Trinajstić information content (AvgIpc) is 3.01. The van der Waals surface area contributed by atoms with Gasteiger partial charge in [0.1, 0.15) is 11.3 Å². The van der Waals surface area contributed by atoms with E-state index in [1.54, 1.807) is 24.3 Å². The number of fused-ring (bicyclic) bond motifs is 3. The molecule has 2 aromatic heterocycles. The van der Waals surface area contributed by atoms with Crippen LogP contribution in [0.4, 0.5) is 0 Å². The maximum Gasteiger partial charge on any atom is 0.355 e. The number of rotatable bonds is 4. The Balaban J connectivity index is 2.60. The maximum atomic E-state index is 12.6. The summed E-state index contributed by atoms with van der Waals surface area (Å²) in [6, 6.07) is 10.6. The summed E-state index contributed by atoms with van der Waals surface area (Å²) in [6.45, 7) is 0. The maximum absolute atomic E-state index is 12.6. The molecule has 0 N–H and O–H groups in total. The Morgan fingerprint density at radius 2 is 1.54 bits per heavy atom. The van der Waals surface area contributed by atoms with Gasteiger partial charge in [0, 0.05) is 0 Å². The fourth-order valence-electron chi connectivity index (χ4n) is 2.95. The average molecular weight is 394 g/mol. The molecular formula is C18H13Cl2NO5. The van der Waals surface area contributed by atoms with Crippen molar-refractivity contribution in [3.05, 3.63) is 53.2 Å². The first-order valence-corrected chi connectivity index (χ1v) is 8.34. The van der Waals surface area contributed by atoms with Crippen LogP contribution in [0.1, 0.15) is 31.2 Å². The lowest BCUT2D eigenvalue weighted by atomic mass is 10.1. The minimum Gasteiger partial charge on any atom is -0.465 e. The van der Waals surface area contributed by atoms with Gasteiger partial charge in [-0.3, -0.25) is 4.79 Å². The van der Waals surface area contributed by atoms with Crippen LogP contribution in [0, 0.1) is 0 Å². The molecule has 134 valence electrons. The second-order valence-electron chi connectivity index (χ2n) is 5.36. The molecule has 0 fully saturated rings. The van der Waals surface area contributed by atoms with Gasteiger partial charge in [0.2, 0.25) is 0 Å². The lowest BCUT2D eigenvalue weighted by Gasteiger charge is -2.07. The summed E-state index contributed by atoms with van der Waals surface area (Å²) in [4.78, 5) is 36.1. The van der Waals surface area contributed by atoms with E-state index >= 15 is 0 Å². The number of nitrogens with zero attached hydrogens (tertiary/aromatic N) is 1. The summed E-state index contributed by atoms with van der Waals surface area (Å²) in [7, 11) is 2.33. The Morgan fingerprint density at radius 3 is 2.15 bits per heavy atom. The fraction of sp³-hybridized carbons (Fsp3) is 0.167. The number of hydrogen-bond donors (Lipinski definition) is 0. The zero-order valence-electron chi connectivity index (χ0n) is 13.8. The number of pyridine rings is 1. The molecule has 0 spiro atoms. The van der Waals surface area contributed by atoms with Crippen LogP contribution in [0.25, 0.3) is 16.4 Å². The minimum atomic E-state index is -1.42. The molecule has 0 bridgehead atoms. The molecule has 3 aromatic rings. The van der Waals surface area contributed by atoms with E-state index < -0.39 is 22.6 Å². The van der Waals surface area contributed by atoms with Crippen molar-refractivity contribution < 1.29 is 23.9 Å². The van der Waals surface area contributed by atoms with Crippen LogP contribution in [0.5, 0.6) is 0 Å². The normalized spacial score (nSPS) is 11.1. The highest BCUT2D eigenvalue weighted by molar-refractivity contribution is 6.56. The van der Waals surface area contributed by atoms with Crippen LogP contribution < -0.4 is 0 Å². The van der Waals surface area contributed by atoms with Crippen molar-refractivity contribution >= 4 is 57.3 Å². The van der Waals surface area contributed by atoms with Crippen molar-refractivity contribution in [3.63, 3.8) is 0 Å². The summed E-state index contributed by atoms with van der Waals surface area (Å²) in [5.41, 5.74) is 0.476. The van der Waals surface area contributed by atoms with E-state index in [4.69, 9.17) is 32.7 Å². The van der Waals surface area contributed by atoms with E-state index in [-0.39, 0.29) is 16.8 Å². The number of halogens is 2. The minimum absolute atomic E-state index is 0.0852. The standard InChI is InChI=1S/C18H13Cl2NO5/c1-25-17(23)13-12(15(22)16(19)20)11-8-7-9-5-3-4-6-10(9)21(11)14(13)18(24)26-2/h3-8,16H,1-2H3. The molecule has 0 radical (unpaired) electrons. The predicted molar refractivity (Wildman–Crippen MR) is 97.4 cm³/mol. The number of methoxy groups -OCH3 is 2. The Morgan fingerprint density at radius 1 is 0.885 bits per heavy atom. The topological polar surface area (TPSA) is 74.1 Å². The van der Waals surface area contributed by atoms with Crippen molar-refractivity contribution in [1.82, 2.24) is 4.40 Å². The number of alkyl halides is 2. The summed E-state index contributed by atoms with van der Waals surface area (Å²) in [5.74, 6) is -2.37. The van der Waals surface area contributed by atoms with E-state index in [9.17, 15) is 14.4 Å². The molecule has 0 atom stereocenters. The van der Waals surface area contributed by atoms with E-state index in [0.717, 1.165) is 12.5 Å². The number of esters is 2. The Bertz CT molecular complexity index is 1050. The van der Waals surface area contributed by atoms with E-state index in [2.05, 4.69) is 0 Å². The SMILES string of the molecule is COC(=O)c1c(C(=O)C(Cl)Cl)c2ccc3ccccc3n2c1C(=O)OC. The zero-order chi connectivity index (χ0) is 19.0.